The Morgan fingerprint density at radius 1 is 1.44 bits per heavy atom. The Kier molecular flexibility index (Phi) is 3.00. The first kappa shape index (κ1) is 10.4. The molecule has 1 heterocycles. The number of hydrogen-bond donors (Lipinski definition) is 0. The lowest BCUT2D eigenvalue weighted by atomic mass is 10.2. The van der Waals surface area contributed by atoms with Crippen LogP contribution in [0.3, 0.4) is 0 Å². The molecule has 0 saturated heterocycles. The molecule has 82 valence electrons. The molecule has 0 amide bonds. The quantitative estimate of drug-likeness (QED) is 0.732. The number of aryl methyl sites for hydroxylation is 1. The second-order valence-corrected chi connectivity index (χ2v) is 3.47. The molecule has 2 rings (SSSR count). The number of aldehydes is 1. The lowest BCUT2D eigenvalue weighted by Gasteiger charge is -2.06. The van der Waals surface area contributed by atoms with Crippen molar-refractivity contribution in [3.05, 3.63) is 47.8 Å². The van der Waals surface area contributed by atoms with Gasteiger partial charge in [0.05, 0.1) is 11.8 Å². The van der Waals surface area contributed by atoms with Gasteiger partial charge in [-0.25, -0.2) is 0 Å². The average Bonchev–Trinajstić information content (AvgIpc) is 2.73. The van der Waals surface area contributed by atoms with Gasteiger partial charge in [-0.2, -0.15) is 5.10 Å². The molecule has 1 aromatic carbocycles. The average molecular weight is 216 g/mol. The number of para-hydroxylation sites is 1. The van der Waals surface area contributed by atoms with E-state index in [-0.39, 0.29) is 0 Å². The fraction of sp³-hybridized carbons (Fsp3) is 0.167. The zero-order valence-corrected chi connectivity index (χ0v) is 8.96. The van der Waals surface area contributed by atoms with Crippen molar-refractivity contribution < 1.29 is 9.53 Å². The minimum absolute atomic E-state index is 0.415. The van der Waals surface area contributed by atoms with Crippen LogP contribution in [0.2, 0.25) is 0 Å². The van der Waals surface area contributed by atoms with E-state index in [4.69, 9.17) is 4.74 Å². The van der Waals surface area contributed by atoms with Crippen molar-refractivity contribution in [2.24, 2.45) is 7.05 Å². The molecule has 0 spiro atoms. The van der Waals surface area contributed by atoms with Gasteiger partial charge in [0.2, 0.25) is 0 Å². The molecular weight excluding hydrogens is 204 g/mol. The molecule has 0 radical (unpaired) electrons. The first-order valence-corrected chi connectivity index (χ1v) is 4.94. The highest BCUT2D eigenvalue weighted by atomic mass is 16.5. The normalized spacial score (nSPS) is 10.1. The standard InChI is InChI=1S/C12H12N2O2/c1-14-7-10(6-13-14)9-16-12-5-3-2-4-11(12)8-15/h2-8H,9H2,1H3. The molecule has 0 aliphatic rings. The Morgan fingerprint density at radius 3 is 2.94 bits per heavy atom. The Hall–Kier alpha value is -2.10. The van der Waals surface area contributed by atoms with Crippen molar-refractivity contribution in [1.82, 2.24) is 9.78 Å². The third-order valence-corrected chi connectivity index (χ3v) is 2.20. The van der Waals surface area contributed by atoms with E-state index in [1.165, 1.54) is 0 Å². The summed E-state index contributed by atoms with van der Waals surface area (Å²) in [7, 11) is 1.85. The smallest absolute Gasteiger partial charge is 0.153 e. The van der Waals surface area contributed by atoms with Gasteiger partial charge in [-0.05, 0) is 12.1 Å². The van der Waals surface area contributed by atoms with Crippen LogP contribution in [0, 0.1) is 0 Å². The third-order valence-electron chi connectivity index (χ3n) is 2.20. The summed E-state index contributed by atoms with van der Waals surface area (Å²) in [6, 6.07) is 7.15. The summed E-state index contributed by atoms with van der Waals surface area (Å²) in [5, 5.41) is 4.04. The summed E-state index contributed by atoms with van der Waals surface area (Å²) in [5.41, 5.74) is 1.54. The Labute approximate surface area is 93.5 Å². The van der Waals surface area contributed by atoms with Crippen molar-refractivity contribution >= 4 is 6.29 Å². The molecule has 2 aromatic rings. The fourth-order valence-electron chi connectivity index (χ4n) is 1.42. The van der Waals surface area contributed by atoms with Crippen LogP contribution in [0.25, 0.3) is 0 Å². The molecule has 4 heteroatoms. The van der Waals surface area contributed by atoms with Crippen LogP contribution in [-0.2, 0) is 13.7 Å². The number of benzene rings is 1. The van der Waals surface area contributed by atoms with E-state index in [0.29, 0.717) is 17.9 Å². The highest BCUT2D eigenvalue weighted by Gasteiger charge is 2.02. The van der Waals surface area contributed by atoms with E-state index < -0.39 is 0 Å². The van der Waals surface area contributed by atoms with E-state index >= 15 is 0 Å². The van der Waals surface area contributed by atoms with Crippen molar-refractivity contribution in [3.63, 3.8) is 0 Å². The maximum Gasteiger partial charge on any atom is 0.153 e. The van der Waals surface area contributed by atoms with E-state index in [1.54, 1.807) is 29.1 Å². The maximum atomic E-state index is 10.7. The lowest BCUT2D eigenvalue weighted by molar-refractivity contribution is 0.111. The molecule has 1 aromatic heterocycles. The van der Waals surface area contributed by atoms with Crippen LogP contribution in [0.1, 0.15) is 15.9 Å². The number of carbonyl (C=O) groups is 1. The summed E-state index contributed by atoms with van der Waals surface area (Å²) in [4.78, 5) is 10.7. The molecule has 0 saturated carbocycles. The Morgan fingerprint density at radius 2 is 2.25 bits per heavy atom. The van der Waals surface area contributed by atoms with Crippen molar-refractivity contribution in [2.45, 2.75) is 6.61 Å². The van der Waals surface area contributed by atoms with Crippen molar-refractivity contribution in [3.8, 4) is 5.75 Å². The van der Waals surface area contributed by atoms with Crippen molar-refractivity contribution in [1.29, 1.82) is 0 Å². The third kappa shape index (κ3) is 2.28. The summed E-state index contributed by atoms with van der Waals surface area (Å²) >= 11 is 0. The minimum Gasteiger partial charge on any atom is -0.488 e. The molecule has 0 aliphatic carbocycles. The number of aromatic nitrogens is 2. The number of ether oxygens (including phenoxy) is 1. The van der Waals surface area contributed by atoms with Gasteiger partial charge >= 0.3 is 0 Å². The van der Waals surface area contributed by atoms with E-state index in [9.17, 15) is 4.79 Å². The summed E-state index contributed by atoms with van der Waals surface area (Å²) < 4.78 is 7.26. The van der Waals surface area contributed by atoms with Crippen LogP contribution >= 0.6 is 0 Å². The number of rotatable bonds is 4. The topological polar surface area (TPSA) is 44.1 Å². The summed E-state index contributed by atoms with van der Waals surface area (Å²) in [5.74, 6) is 0.598. The van der Waals surface area contributed by atoms with Crippen LogP contribution in [0.15, 0.2) is 36.7 Å². The Balaban J connectivity index is 2.07. The zero-order valence-electron chi connectivity index (χ0n) is 8.96. The highest BCUT2D eigenvalue weighted by Crippen LogP contribution is 2.17. The minimum atomic E-state index is 0.415. The monoisotopic (exact) mass is 216 g/mol. The van der Waals surface area contributed by atoms with Gasteiger partial charge in [0.1, 0.15) is 12.4 Å². The molecular formula is C12H12N2O2. The van der Waals surface area contributed by atoms with Gasteiger partial charge in [-0.15, -0.1) is 0 Å². The van der Waals surface area contributed by atoms with Gasteiger partial charge in [-0.3, -0.25) is 9.48 Å². The number of nitrogens with zero attached hydrogens (tertiary/aromatic N) is 2. The highest BCUT2D eigenvalue weighted by molar-refractivity contribution is 5.79. The maximum absolute atomic E-state index is 10.7. The summed E-state index contributed by atoms with van der Waals surface area (Å²) in [6.07, 6.45) is 4.41. The first-order chi connectivity index (χ1) is 7.79. The van der Waals surface area contributed by atoms with Crippen molar-refractivity contribution in [2.75, 3.05) is 0 Å². The van der Waals surface area contributed by atoms with E-state index in [0.717, 1.165) is 11.8 Å². The molecule has 0 atom stereocenters. The van der Waals surface area contributed by atoms with Gasteiger partial charge in [0, 0.05) is 18.8 Å². The summed E-state index contributed by atoms with van der Waals surface area (Å²) in [6.45, 7) is 0.415. The molecule has 0 unspecified atom stereocenters. The lowest BCUT2D eigenvalue weighted by Crippen LogP contribution is -1.97. The molecule has 0 bridgehead atoms. The van der Waals surface area contributed by atoms with E-state index in [1.807, 2.05) is 19.3 Å². The van der Waals surface area contributed by atoms with Crippen LogP contribution in [-0.4, -0.2) is 16.1 Å². The largest absolute Gasteiger partial charge is 0.488 e. The molecule has 0 N–H and O–H groups in total. The predicted octanol–water partition coefficient (Wildman–Crippen LogP) is 1.81. The van der Waals surface area contributed by atoms with Crippen LogP contribution < -0.4 is 4.74 Å². The molecule has 0 fully saturated rings. The van der Waals surface area contributed by atoms with E-state index in [2.05, 4.69) is 5.10 Å². The molecule has 0 aliphatic heterocycles. The van der Waals surface area contributed by atoms with Gasteiger partial charge in [-0.1, -0.05) is 12.1 Å². The van der Waals surface area contributed by atoms with Crippen LogP contribution in [0.5, 0.6) is 5.75 Å². The SMILES string of the molecule is Cn1cc(COc2ccccc2C=O)cn1. The Bertz CT molecular complexity index is 491. The first-order valence-electron chi connectivity index (χ1n) is 4.94. The van der Waals surface area contributed by atoms with Gasteiger partial charge in [0.25, 0.3) is 0 Å². The number of carbonyl (C=O) groups excluding carboxylic acids is 1. The predicted molar refractivity (Wildman–Crippen MR) is 59.4 cm³/mol. The van der Waals surface area contributed by atoms with Gasteiger partial charge in [0.15, 0.2) is 6.29 Å². The number of hydrogen-bond acceptors (Lipinski definition) is 3. The fourth-order valence-corrected chi connectivity index (χ4v) is 1.42. The second-order valence-electron chi connectivity index (χ2n) is 3.47. The van der Waals surface area contributed by atoms with Crippen LogP contribution in [0.4, 0.5) is 0 Å². The van der Waals surface area contributed by atoms with Gasteiger partial charge < -0.3 is 4.74 Å². The second kappa shape index (κ2) is 4.61. The molecule has 16 heavy (non-hydrogen) atoms. The zero-order chi connectivity index (χ0) is 11.4. The molecule has 4 nitrogen and oxygen atoms in total.